The summed E-state index contributed by atoms with van der Waals surface area (Å²) in [5.74, 6) is 0.695. The summed E-state index contributed by atoms with van der Waals surface area (Å²) in [6.07, 6.45) is 6.13. The van der Waals surface area contributed by atoms with Gasteiger partial charge in [0, 0.05) is 17.5 Å². The van der Waals surface area contributed by atoms with Crippen LogP contribution in [0.1, 0.15) is 43.6 Å². The highest BCUT2D eigenvalue weighted by molar-refractivity contribution is 5.54. The molecular formula is C16H20FN3O. The Morgan fingerprint density at radius 2 is 2.05 bits per heavy atom. The molecule has 0 amide bonds. The van der Waals surface area contributed by atoms with Gasteiger partial charge in [-0.15, -0.1) is 0 Å². The number of aryl methyl sites for hydroxylation is 1. The molecule has 1 fully saturated rings. The highest BCUT2D eigenvalue weighted by atomic mass is 19.1. The number of rotatable bonds is 3. The van der Waals surface area contributed by atoms with E-state index in [4.69, 9.17) is 10.3 Å². The zero-order valence-electron chi connectivity index (χ0n) is 12.2. The molecule has 1 aromatic carbocycles. The van der Waals surface area contributed by atoms with E-state index < -0.39 is 0 Å². The fourth-order valence-electron chi connectivity index (χ4n) is 2.91. The molecule has 3 rings (SSSR count). The van der Waals surface area contributed by atoms with Gasteiger partial charge in [0.05, 0.1) is 0 Å². The third kappa shape index (κ3) is 3.13. The van der Waals surface area contributed by atoms with Crippen LogP contribution < -0.4 is 5.73 Å². The molecule has 2 N–H and O–H groups in total. The minimum absolute atomic E-state index is 0.236. The molecule has 1 aliphatic rings. The molecule has 21 heavy (non-hydrogen) atoms. The minimum atomic E-state index is -0.263. The van der Waals surface area contributed by atoms with Crippen LogP contribution in [0.4, 0.5) is 4.39 Å². The van der Waals surface area contributed by atoms with Crippen LogP contribution in [0.5, 0.6) is 0 Å². The Bertz CT molecular complexity index is 632. The number of aromatic nitrogens is 2. The highest BCUT2D eigenvalue weighted by Gasteiger charge is 2.30. The first-order valence-electron chi connectivity index (χ1n) is 7.44. The van der Waals surface area contributed by atoms with Gasteiger partial charge in [0.2, 0.25) is 11.7 Å². The van der Waals surface area contributed by atoms with E-state index in [1.807, 2.05) is 0 Å². The van der Waals surface area contributed by atoms with Crippen molar-refractivity contribution in [3.63, 3.8) is 0 Å². The van der Waals surface area contributed by atoms with Crippen LogP contribution in [-0.2, 0) is 6.42 Å². The van der Waals surface area contributed by atoms with Crippen LogP contribution >= 0.6 is 0 Å². The maximum absolute atomic E-state index is 13.6. The van der Waals surface area contributed by atoms with Gasteiger partial charge >= 0.3 is 0 Å². The van der Waals surface area contributed by atoms with Gasteiger partial charge in [-0.3, -0.25) is 0 Å². The van der Waals surface area contributed by atoms with Crippen molar-refractivity contribution in [1.29, 1.82) is 0 Å². The van der Waals surface area contributed by atoms with E-state index in [0.717, 1.165) is 25.7 Å². The van der Waals surface area contributed by atoms with E-state index in [1.165, 1.54) is 12.5 Å². The van der Waals surface area contributed by atoms with Gasteiger partial charge in [0.1, 0.15) is 5.82 Å². The lowest BCUT2D eigenvalue weighted by atomic mass is 9.80. The Kier molecular flexibility index (Phi) is 3.76. The molecule has 1 aliphatic carbocycles. The Balaban J connectivity index is 1.78. The average molecular weight is 289 g/mol. The molecule has 0 bridgehead atoms. The summed E-state index contributed by atoms with van der Waals surface area (Å²) < 4.78 is 18.9. The zero-order valence-corrected chi connectivity index (χ0v) is 12.2. The van der Waals surface area contributed by atoms with E-state index in [9.17, 15) is 4.39 Å². The Morgan fingerprint density at radius 1 is 1.29 bits per heavy atom. The van der Waals surface area contributed by atoms with E-state index >= 15 is 0 Å². The quantitative estimate of drug-likeness (QED) is 0.940. The van der Waals surface area contributed by atoms with Crippen LogP contribution in [0.25, 0.3) is 11.4 Å². The molecule has 112 valence electrons. The van der Waals surface area contributed by atoms with Gasteiger partial charge in [0.25, 0.3) is 0 Å². The molecule has 1 saturated carbocycles. The van der Waals surface area contributed by atoms with Gasteiger partial charge in [0.15, 0.2) is 0 Å². The van der Waals surface area contributed by atoms with Crippen molar-refractivity contribution < 1.29 is 8.91 Å². The summed E-state index contributed by atoms with van der Waals surface area (Å²) in [5.41, 5.74) is 7.39. The topological polar surface area (TPSA) is 64.9 Å². The van der Waals surface area contributed by atoms with Gasteiger partial charge in [-0.1, -0.05) is 36.6 Å². The predicted octanol–water partition coefficient (Wildman–Crippen LogP) is 3.39. The smallest absolute Gasteiger partial charge is 0.228 e. The van der Waals surface area contributed by atoms with Gasteiger partial charge in [-0.2, -0.15) is 4.98 Å². The minimum Gasteiger partial charge on any atom is -0.339 e. The van der Waals surface area contributed by atoms with Crippen molar-refractivity contribution in [2.45, 2.75) is 51.0 Å². The van der Waals surface area contributed by atoms with Crippen molar-refractivity contribution >= 4 is 0 Å². The summed E-state index contributed by atoms with van der Waals surface area (Å²) in [4.78, 5) is 4.37. The molecule has 5 heteroatoms. The number of halogens is 1. The first-order chi connectivity index (χ1) is 10.1. The molecule has 0 unspecified atom stereocenters. The summed E-state index contributed by atoms with van der Waals surface area (Å²) >= 11 is 0. The summed E-state index contributed by atoms with van der Waals surface area (Å²) in [7, 11) is 0. The highest BCUT2D eigenvalue weighted by Crippen LogP contribution is 2.29. The number of hydrogen-bond donors (Lipinski definition) is 1. The van der Waals surface area contributed by atoms with Gasteiger partial charge < -0.3 is 10.3 Å². The second kappa shape index (κ2) is 5.56. The van der Waals surface area contributed by atoms with E-state index in [0.29, 0.717) is 29.3 Å². The molecular weight excluding hydrogens is 269 g/mol. The van der Waals surface area contributed by atoms with E-state index in [1.54, 1.807) is 19.1 Å². The number of nitrogens with zero attached hydrogens (tertiary/aromatic N) is 2. The lowest BCUT2D eigenvalue weighted by Gasteiger charge is -2.31. The maximum atomic E-state index is 13.6. The van der Waals surface area contributed by atoms with Crippen molar-refractivity contribution in [2.24, 2.45) is 5.73 Å². The van der Waals surface area contributed by atoms with E-state index in [-0.39, 0.29) is 11.4 Å². The van der Waals surface area contributed by atoms with Crippen molar-refractivity contribution in [1.82, 2.24) is 10.1 Å². The van der Waals surface area contributed by atoms with E-state index in [2.05, 4.69) is 10.1 Å². The van der Waals surface area contributed by atoms with Gasteiger partial charge in [-0.05, 0) is 31.4 Å². The lowest BCUT2D eigenvalue weighted by molar-refractivity contribution is 0.261. The standard InChI is InChI=1S/C16H20FN3O/c1-11-5-6-12(9-13(11)17)15-19-14(21-20-15)10-16(18)7-3-2-4-8-16/h5-6,9H,2-4,7-8,10,18H2,1H3. The Hall–Kier alpha value is -1.75. The van der Waals surface area contributed by atoms with Crippen LogP contribution in [-0.4, -0.2) is 15.7 Å². The monoisotopic (exact) mass is 289 g/mol. The lowest BCUT2D eigenvalue weighted by Crippen LogP contribution is -2.43. The van der Waals surface area contributed by atoms with Crippen LogP contribution in [0.15, 0.2) is 22.7 Å². The normalized spacial score (nSPS) is 17.9. The van der Waals surface area contributed by atoms with Crippen molar-refractivity contribution in [2.75, 3.05) is 0 Å². The summed E-state index contributed by atoms with van der Waals surface area (Å²) in [6, 6.07) is 4.95. The molecule has 4 nitrogen and oxygen atoms in total. The third-order valence-electron chi connectivity index (χ3n) is 4.25. The van der Waals surface area contributed by atoms with Crippen molar-refractivity contribution in [3.8, 4) is 11.4 Å². The summed E-state index contributed by atoms with van der Waals surface area (Å²) in [6.45, 7) is 1.72. The van der Waals surface area contributed by atoms with Crippen LogP contribution in [0.2, 0.25) is 0 Å². The number of benzene rings is 1. The van der Waals surface area contributed by atoms with Crippen molar-refractivity contribution in [3.05, 3.63) is 35.5 Å². The Labute approximate surface area is 123 Å². The molecule has 0 radical (unpaired) electrons. The molecule has 1 aromatic heterocycles. The Morgan fingerprint density at radius 3 is 2.76 bits per heavy atom. The predicted molar refractivity (Wildman–Crippen MR) is 78.1 cm³/mol. The largest absolute Gasteiger partial charge is 0.339 e. The van der Waals surface area contributed by atoms with Crippen LogP contribution in [0, 0.1) is 12.7 Å². The number of nitrogens with two attached hydrogens (primary N) is 1. The first-order valence-corrected chi connectivity index (χ1v) is 7.44. The molecule has 0 spiro atoms. The third-order valence-corrected chi connectivity index (χ3v) is 4.25. The fraction of sp³-hybridized carbons (Fsp3) is 0.500. The maximum Gasteiger partial charge on any atom is 0.228 e. The van der Waals surface area contributed by atoms with Gasteiger partial charge in [-0.25, -0.2) is 4.39 Å². The SMILES string of the molecule is Cc1ccc(-c2noc(CC3(N)CCCCC3)n2)cc1F. The second-order valence-electron chi connectivity index (χ2n) is 6.08. The zero-order chi connectivity index (χ0) is 14.9. The molecule has 0 aliphatic heterocycles. The second-order valence-corrected chi connectivity index (χ2v) is 6.08. The first kappa shape index (κ1) is 14.2. The molecule has 0 saturated heterocycles. The van der Waals surface area contributed by atoms with Crippen LogP contribution in [0.3, 0.4) is 0 Å². The molecule has 0 atom stereocenters. The molecule has 2 aromatic rings. The summed E-state index contributed by atoms with van der Waals surface area (Å²) in [5, 5.41) is 3.95. The fourth-order valence-corrected chi connectivity index (χ4v) is 2.91. The molecule has 1 heterocycles. The number of hydrogen-bond acceptors (Lipinski definition) is 4. The average Bonchev–Trinajstić information content (AvgIpc) is 2.90.